The van der Waals surface area contributed by atoms with E-state index in [1.165, 1.54) is 4.90 Å². The molecule has 0 aromatic rings. The average Bonchev–Trinajstić information content (AvgIpc) is 1.84. The van der Waals surface area contributed by atoms with Crippen molar-refractivity contribution in [2.24, 2.45) is 5.73 Å². The molecule has 3 heteroatoms. The van der Waals surface area contributed by atoms with Gasteiger partial charge >= 0.3 is 6.03 Å². The Morgan fingerprint density at radius 2 is 2.22 bits per heavy atom. The zero-order chi connectivity index (χ0) is 7.44. The van der Waals surface area contributed by atoms with Gasteiger partial charge in [0.15, 0.2) is 0 Å². The molecule has 1 atom stereocenters. The Hall–Kier alpha value is -0.730. The molecule has 0 aromatic carbocycles. The number of rotatable bonds is 2. The lowest BCUT2D eigenvalue weighted by molar-refractivity contribution is 0.202. The number of hydrogen-bond acceptors (Lipinski definition) is 1. The van der Waals surface area contributed by atoms with E-state index in [9.17, 15) is 4.79 Å². The van der Waals surface area contributed by atoms with Crippen LogP contribution in [0.4, 0.5) is 4.79 Å². The number of nitrogens with zero attached hydrogens (tertiary/aromatic N) is 1. The maximum Gasteiger partial charge on any atom is 0.314 e. The summed E-state index contributed by atoms with van der Waals surface area (Å²) in [7, 11) is 1.70. The van der Waals surface area contributed by atoms with Gasteiger partial charge in [0.05, 0.1) is 0 Å². The molecular weight excluding hydrogens is 116 g/mol. The van der Waals surface area contributed by atoms with Crippen LogP contribution in [0, 0.1) is 0 Å². The lowest BCUT2D eigenvalue weighted by Crippen LogP contribution is -2.38. The molecule has 0 bridgehead atoms. The fourth-order valence-corrected chi connectivity index (χ4v) is 0.491. The third-order valence-electron chi connectivity index (χ3n) is 1.60. The molecular formula is C6H14N2O. The summed E-state index contributed by atoms with van der Waals surface area (Å²) in [5.74, 6) is 0. The highest BCUT2D eigenvalue weighted by atomic mass is 16.2. The number of urea groups is 1. The molecule has 0 saturated carbocycles. The highest BCUT2D eigenvalue weighted by molar-refractivity contribution is 5.71. The molecule has 0 aromatic heterocycles. The molecule has 0 heterocycles. The standard InChI is InChI=1S/C6H14N2O/c1-4-5(2)8(3)6(7)9/h5H,4H2,1-3H3,(H2,7,9). The molecule has 0 spiro atoms. The molecule has 1 unspecified atom stereocenters. The maximum atomic E-state index is 10.4. The normalized spacial score (nSPS) is 12.8. The Balaban J connectivity index is 3.72. The van der Waals surface area contributed by atoms with E-state index in [1.54, 1.807) is 7.05 Å². The highest BCUT2D eigenvalue weighted by Crippen LogP contribution is 1.97. The van der Waals surface area contributed by atoms with Crippen LogP contribution in [0.5, 0.6) is 0 Å². The summed E-state index contributed by atoms with van der Waals surface area (Å²) < 4.78 is 0. The first-order valence-corrected chi connectivity index (χ1v) is 3.11. The summed E-state index contributed by atoms with van der Waals surface area (Å²) in [5, 5.41) is 0. The van der Waals surface area contributed by atoms with Crippen molar-refractivity contribution in [3.05, 3.63) is 0 Å². The van der Waals surface area contributed by atoms with Crippen LogP contribution in [0.25, 0.3) is 0 Å². The maximum absolute atomic E-state index is 10.4. The van der Waals surface area contributed by atoms with E-state index in [1.807, 2.05) is 13.8 Å². The fraction of sp³-hybridized carbons (Fsp3) is 0.833. The molecule has 3 nitrogen and oxygen atoms in total. The molecule has 0 rings (SSSR count). The Morgan fingerprint density at radius 3 is 2.33 bits per heavy atom. The fourth-order valence-electron chi connectivity index (χ4n) is 0.491. The van der Waals surface area contributed by atoms with E-state index in [2.05, 4.69) is 0 Å². The predicted octanol–water partition coefficient (Wildman–Crippen LogP) is 0.795. The number of nitrogens with two attached hydrogens (primary N) is 1. The monoisotopic (exact) mass is 130 g/mol. The van der Waals surface area contributed by atoms with Crippen LogP contribution in [0.2, 0.25) is 0 Å². The topological polar surface area (TPSA) is 46.3 Å². The molecule has 2 N–H and O–H groups in total. The molecule has 0 aliphatic heterocycles. The Morgan fingerprint density at radius 1 is 1.78 bits per heavy atom. The van der Waals surface area contributed by atoms with Crippen molar-refractivity contribution in [3.63, 3.8) is 0 Å². The summed E-state index contributed by atoms with van der Waals surface area (Å²) in [4.78, 5) is 12.0. The van der Waals surface area contributed by atoms with Gasteiger partial charge in [-0.25, -0.2) is 4.79 Å². The van der Waals surface area contributed by atoms with E-state index in [-0.39, 0.29) is 12.1 Å². The zero-order valence-electron chi connectivity index (χ0n) is 6.22. The first-order valence-electron chi connectivity index (χ1n) is 3.11. The van der Waals surface area contributed by atoms with Gasteiger partial charge in [-0.2, -0.15) is 0 Å². The van der Waals surface area contributed by atoms with Crippen molar-refractivity contribution < 1.29 is 4.79 Å². The molecule has 0 saturated heterocycles. The molecule has 0 radical (unpaired) electrons. The Kier molecular flexibility index (Phi) is 3.06. The van der Waals surface area contributed by atoms with Crippen LogP contribution in [0.3, 0.4) is 0 Å². The van der Waals surface area contributed by atoms with Crippen LogP contribution in [-0.4, -0.2) is 24.0 Å². The molecule has 0 aliphatic rings. The molecule has 0 fully saturated rings. The second kappa shape index (κ2) is 3.33. The predicted molar refractivity (Wildman–Crippen MR) is 37.1 cm³/mol. The average molecular weight is 130 g/mol. The van der Waals surface area contributed by atoms with E-state index >= 15 is 0 Å². The van der Waals surface area contributed by atoms with Crippen LogP contribution < -0.4 is 5.73 Å². The quantitative estimate of drug-likeness (QED) is 0.590. The first kappa shape index (κ1) is 8.27. The second-order valence-corrected chi connectivity index (χ2v) is 2.21. The highest BCUT2D eigenvalue weighted by Gasteiger charge is 2.08. The van der Waals surface area contributed by atoms with Crippen molar-refractivity contribution in [1.29, 1.82) is 0 Å². The number of amides is 2. The van der Waals surface area contributed by atoms with Crippen LogP contribution >= 0.6 is 0 Å². The number of primary amides is 1. The lowest BCUT2D eigenvalue weighted by atomic mass is 10.2. The third kappa shape index (κ3) is 2.35. The zero-order valence-corrected chi connectivity index (χ0v) is 6.22. The van der Waals surface area contributed by atoms with Gasteiger partial charge in [0.1, 0.15) is 0 Å². The van der Waals surface area contributed by atoms with Crippen molar-refractivity contribution in [2.45, 2.75) is 26.3 Å². The lowest BCUT2D eigenvalue weighted by Gasteiger charge is -2.20. The number of carbonyl (C=O) groups is 1. The van der Waals surface area contributed by atoms with Crippen molar-refractivity contribution in [1.82, 2.24) is 4.90 Å². The summed E-state index contributed by atoms with van der Waals surface area (Å²) >= 11 is 0. The van der Waals surface area contributed by atoms with Gasteiger partial charge in [-0.05, 0) is 13.3 Å². The SMILES string of the molecule is CCC(C)N(C)C(N)=O. The molecule has 9 heavy (non-hydrogen) atoms. The van der Waals surface area contributed by atoms with E-state index < -0.39 is 0 Å². The summed E-state index contributed by atoms with van der Waals surface area (Å²) in [6.45, 7) is 3.98. The Labute approximate surface area is 55.8 Å². The summed E-state index contributed by atoms with van der Waals surface area (Å²) in [5.41, 5.74) is 5.00. The van der Waals surface area contributed by atoms with E-state index in [0.29, 0.717) is 0 Å². The van der Waals surface area contributed by atoms with Gasteiger partial charge in [0.25, 0.3) is 0 Å². The van der Waals surface area contributed by atoms with Gasteiger partial charge in [0.2, 0.25) is 0 Å². The number of hydrogen-bond donors (Lipinski definition) is 1. The van der Waals surface area contributed by atoms with E-state index in [0.717, 1.165) is 6.42 Å². The number of carbonyl (C=O) groups excluding carboxylic acids is 1. The van der Waals surface area contributed by atoms with Gasteiger partial charge < -0.3 is 10.6 Å². The minimum Gasteiger partial charge on any atom is -0.351 e. The first-order chi connectivity index (χ1) is 4.09. The summed E-state index contributed by atoms with van der Waals surface area (Å²) in [6, 6.07) is -0.105. The smallest absolute Gasteiger partial charge is 0.314 e. The third-order valence-corrected chi connectivity index (χ3v) is 1.60. The van der Waals surface area contributed by atoms with E-state index in [4.69, 9.17) is 5.73 Å². The molecule has 54 valence electrons. The minimum absolute atomic E-state index is 0.252. The van der Waals surface area contributed by atoms with Crippen molar-refractivity contribution >= 4 is 6.03 Å². The van der Waals surface area contributed by atoms with Crippen LogP contribution in [0.1, 0.15) is 20.3 Å². The minimum atomic E-state index is -0.357. The van der Waals surface area contributed by atoms with Crippen LogP contribution in [-0.2, 0) is 0 Å². The van der Waals surface area contributed by atoms with Gasteiger partial charge in [0, 0.05) is 13.1 Å². The second-order valence-electron chi connectivity index (χ2n) is 2.21. The van der Waals surface area contributed by atoms with Gasteiger partial charge in [-0.15, -0.1) is 0 Å². The van der Waals surface area contributed by atoms with Crippen molar-refractivity contribution in [2.75, 3.05) is 7.05 Å². The van der Waals surface area contributed by atoms with Crippen LogP contribution in [0.15, 0.2) is 0 Å². The summed E-state index contributed by atoms with van der Waals surface area (Å²) in [6.07, 6.45) is 0.944. The van der Waals surface area contributed by atoms with Gasteiger partial charge in [-0.1, -0.05) is 6.92 Å². The Bertz CT molecular complexity index is 103. The molecule has 0 aliphatic carbocycles. The molecule has 2 amide bonds. The van der Waals surface area contributed by atoms with Gasteiger partial charge in [-0.3, -0.25) is 0 Å². The van der Waals surface area contributed by atoms with Crippen molar-refractivity contribution in [3.8, 4) is 0 Å². The largest absolute Gasteiger partial charge is 0.351 e.